The number of hydrogen-bond acceptors (Lipinski definition) is 8. The topological polar surface area (TPSA) is 96.2 Å². The summed E-state index contributed by atoms with van der Waals surface area (Å²) in [6, 6.07) is 8.64. The summed E-state index contributed by atoms with van der Waals surface area (Å²) >= 11 is 3.58. The van der Waals surface area contributed by atoms with Crippen molar-refractivity contribution in [2.45, 2.75) is 151 Å². The van der Waals surface area contributed by atoms with E-state index in [1.165, 1.54) is 0 Å². The second kappa shape index (κ2) is 12.4. The van der Waals surface area contributed by atoms with Gasteiger partial charge in [-0.2, -0.15) is 0 Å². The minimum atomic E-state index is -1.56. The van der Waals surface area contributed by atoms with E-state index in [1.807, 2.05) is 0 Å². The number of phenols is 1. The average molecular weight is 647 g/mol. The standard InChI is InChI=1S/C36H54O6S2/c1-32(2,3)22-15-20(16-23(27(22)37)33(4,5)6)43-36(13,14)44-21-17-24(34(7,8)9)30(25(18-21)35(10,11)12)41-19-26-28(38)29(39)31(40)42-26/h15-18,26,28-29,37-39H,19H2,1-14H3/t26?,28-,29-/m1/s1. The Labute approximate surface area is 273 Å². The van der Waals surface area contributed by atoms with Crippen molar-refractivity contribution < 1.29 is 29.6 Å². The van der Waals surface area contributed by atoms with Crippen molar-refractivity contribution in [1.82, 2.24) is 0 Å². The number of esters is 1. The Morgan fingerprint density at radius 1 is 0.682 bits per heavy atom. The van der Waals surface area contributed by atoms with Crippen molar-refractivity contribution in [3.8, 4) is 11.5 Å². The Bertz CT molecular complexity index is 1300. The Kier molecular flexibility index (Phi) is 10.3. The van der Waals surface area contributed by atoms with Crippen LogP contribution in [0.3, 0.4) is 0 Å². The molecule has 0 bridgehead atoms. The number of aliphatic hydroxyl groups is 2. The molecule has 6 nitrogen and oxygen atoms in total. The number of rotatable bonds is 7. The molecule has 0 spiro atoms. The van der Waals surface area contributed by atoms with Crippen LogP contribution < -0.4 is 4.74 Å². The molecule has 1 aliphatic heterocycles. The summed E-state index contributed by atoms with van der Waals surface area (Å²) in [5.74, 6) is 0.268. The lowest BCUT2D eigenvalue weighted by molar-refractivity contribution is -0.148. The van der Waals surface area contributed by atoms with Crippen LogP contribution in [0.2, 0.25) is 0 Å². The molecule has 1 aliphatic rings. The molecule has 3 N–H and O–H groups in total. The first-order valence-electron chi connectivity index (χ1n) is 15.4. The zero-order valence-corrected chi connectivity index (χ0v) is 30.8. The molecule has 246 valence electrons. The molecule has 2 aromatic rings. The monoisotopic (exact) mass is 646 g/mol. The molecule has 0 saturated carbocycles. The van der Waals surface area contributed by atoms with Gasteiger partial charge in [-0.3, -0.25) is 0 Å². The molecule has 2 aromatic carbocycles. The van der Waals surface area contributed by atoms with Gasteiger partial charge in [-0.25, -0.2) is 4.79 Å². The Morgan fingerprint density at radius 2 is 1.05 bits per heavy atom. The van der Waals surface area contributed by atoms with Gasteiger partial charge in [0.15, 0.2) is 12.2 Å². The fourth-order valence-electron chi connectivity index (χ4n) is 5.26. The molecule has 0 amide bonds. The first-order chi connectivity index (χ1) is 19.7. The summed E-state index contributed by atoms with van der Waals surface area (Å²) < 4.78 is 11.3. The number of ether oxygens (including phenoxy) is 2. The molecule has 1 fully saturated rings. The van der Waals surface area contributed by atoms with Crippen molar-refractivity contribution in [3.63, 3.8) is 0 Å². The minimum absolute atomic E-state index is 0.0585. The maximum absolute atomic E-state index is 11.8. The van der Waals surface area contributed by atoms with E-state index in [4.69, 9.17) is 9.47 Å². The smallest absolute Gasteiger partial charge is 0.338 e. The van der Waals surface area contributed by atoms with Gasteiger partial charge in [0, 0.05) is 32.0 Å². The molecule has 0 aliphatic carbocycles. The quantitative estimate of drug-likeness (QED) is 0.157. The van der Waals surface area contributed by atoms with Crippen LogP contribution in [0.4, 0.5) is 0 Å². The molecule has 44 heavy (non-hydrogen) atoms. The van der Waals surface area contributed by atoms with E-state index in [1.54, 1.807) is 23.5 Å². The van der Waals surface area contributed by atoms with E-state index in [0.29, 0.717) is 11.5 Å². The number of hydrogen-bond donors (Lipinski definition) is 3. The van der Waals surface area contributed by atoms with Crippen LogP contribution in [0, 0.1) is 0 Å². The molecule has 3 rings (SSSR count). The van der Waals surface area contributed by atoms with Crippen LogP contribution in [0.5, 0.6) is 11.5 Å². The lowest BCUT2D eigenvalue weighted by Gasteiger charge is -2.33. The highest BCUT2D eigenvalue weighted by molar-refractivity contribution is 8.18. The van der Waals surface area contributed by atoms with Gasteiger partial charge in [0.2, 0.25) is 0 Å². The highest BCUT2D eigenvalue weighted by Crippen LogP contribution is 2.51. The summed E-state index contributed by atoms with van der Waals surface area (Å²) in [6.45, 7) is 30.0. The molecular weight excluding hydrogens is 593 g/mol. The van der Waals surface area contributed by atoms with Crippen LogP contribution in [-0.4, -0.2) is 50.3 Å². The van der Waals surface area contributed by atoms with Crippen molar-refractivity contribution in [2.75, 3.05) is 6.61 Å². The van der Waals surface area contributed by atoms with E-state index in [9.17, 15) is 20.1 Å². The molecule has 0 aromatic heterocycles. The number of phenolic OH excluding ortho intramolecular Hbond substituents is 1. The van der Waals surface area contributed by atoms with Crippen LogP contribution >= 0.6 is 23.5 Å². The second-order valence-corrected chi connectivity index (χ2v) is 20.2. The lowest BCUT2D eigenvalue weighted by Crippen LogP contribution is -2.35. The number of thioether (sulfide) groups is 2. The van der Waals surface area contributed by atoms with Crippen molar-refractivity contribution in [3.05, 3.63) is 46.5 Å². The third-order valence-corrected chi connectivity index (χ3v) is 10.1. The number of benzene rings is 2. The number of aromatic hydroxyl groups is 1. The predicted octanol–water partition coefficient (Wildman–Crippen LogP) is 8.23. The zero-order valence-electron chi connectivity index (χ0n) is 29.1. The summed E-state index contributed by atoms with van der Waals surface area (Å²) in [5, 5.41) is 31.4. The van der Waals surface area contributed by atoms with E-state index in [0.717, 1.165) is 32.0 Å². The molecule has 0 radical (unpaired) electrons. The SMILES string of the molecule is CC(C)(Sc1cc(C(C)(C)C)c(O)c(C(C)(C)C)c1)Sc1cc(C(C)(C)C)c(OCC2OC(=O)[C@H](O)[C@@H]2O)c(C(C)(C)C)c1. The first-order valence-corrected chi connectivity index (χ1v) is 17.0. The Morgan fingerprint density at radius 3 is 1.36 bits per heavy atom. The third kappa shape index (κ3) is 8.48. The predicted molar refractivity (Wildman–Crippen MR) is 183 cm³/mol. The lowest BCUT2D eigenvalue weighted by atomic mass is 9.79. The normalized spacial score (nSPS) is 20.2. The summed E-state index contributed by atoms with van der Waals surface area (Å²) in [5.41, 5.74) is 2.98. The Hall–Kier alpha value is -1.87. The van der Waals surface area contributed by atoms with Gasteiger partial charge in [-0.1, -0.05) is 83.1 Å². The molecule has 3 atom stereocenters. The average Bonchev–Trinajstić information content (AvgIpc) is 3.07. The van der Waals surface area contributed by atoms with Crippen molar-refractivity contribution in [1.29, 1.82) is 0 Å². The summed E-state index contributed by atoms with van der Waals surface area (Å²) in [4.78, 5) is 14.0. The molecule has 8 heteroatoms. The molecule has 1 heterocycles. The zero-order chi connectivity index (χ0) is 33.8. The van der Waals surface area contributed by atoms with E-state index in [-0.39, 0.29) is 32.3 Å². The number of cyclic esters (lactones) is 1. The molecule has 1 unspecified atom stereocenters. The molecular formula is C36H54O6S2. The van der Waals surface area contributed by atoms with E-state index >= 15 is 0 Å². The van der Waals surface area contributed by atoms with Gasteiger partial charge >= 0.3 is 5.97 Å². The van der Waals surface area contributed by atoms with Crippen LogP contribution in [0.15, 0.2) is 34.1 Å². The highest BCUT2D eigenvalue weighted by Gasteiger charge is 2.43. The molecule has 1 saturated heterocycles. The van der Waals surface area contributed by atoms with Crippen molar-refractivity contribution >= 4 is 29.5 Å². The Balaban J connectivity index is 2.04. The van der Waals surface area contributed by atoms with Crippen LogP contribution in [0.25, 0.3) is 0 Å². The highest BCUT2D eigenvalue weighted by atomic mass is 32.2. The van der Waals surface area contributed by atoms with Gasteiger partial charge in [-0.05, 0) is 59.8 Å². The first kappa shape index (κ1) is 36.6. The fourth-order valence-corrected chi connectivity index (χ4v) is 7.85. The van der Waals surface area contributed by atoms with Crippen LogP contribution in [-0.2, 0) is 31.2 Å². The number of carbonyl (C=O) groups is 1. The minimum Gasteiger partial charge on any atom is -0.507 e. The van der Waals surface area contributed by atoms with Gasteiger partial charge in [0.25, 0.3) is 0 Å². The fraction of sp³-hybridized carbons (Fsp3) is 0.639. The van der Waals surface area contributed by atoms with Gasteiger partial charge in [-0.15, -0.1) is 23.5 Å². The van der Waals surface area contributed by atoms with Gasteiger partial charge in [0.1, 0.15) is 24.2 Å². The largest absolute Gasteiger partial charge is 0.507 e. The van der Waals surface area contributed by atoms with Crippen molar-refractivity contribution in [2.24, 2.45) is 0 Å². The van der Waals surface area contributed by atoms with E-state index in [2.05, 4.69) is 121 Å². The third-order valence-electron chi connectivity index (χ3n) is 7.71. The maximum atomic E-state index is 11.8. The van der Waals surface area contributed by atoms with Crippen LogP contribution in [0.1, 0.15) is 119 Å². The van der Waals surface area contributed by atoms with Gasteiger partial charge < -0.3 is 24.8 Å². The van der Waals surface area contributed by atoms with E-state index < -0.39 is 24.3 Å². The summed E-state index contributed by atoms with van der Waals surface area (Å²) in [7, 11) is 0. The maximum Gasteiger partial charge on any atom is 0.338 e. The second-order valence-electron chi connectivity index (χ2n) is 16.5. The number of aliphatic hydroxyl groups excluding tert-OH is 2. The number of carbonyl (C=O) groups excluding carboxylic acids is 1. The summed E-state index contributed by atoms with van der Waals surface area (Å²) in [6.07, 6.45) is -3.83. The van der Waals surface area contributed by atoms with Gasteiger partial charge in [0.05, 0.1) is 4.08 Å².